The highest BCUT2D eigenvalue weighted by Crippen LogP contribution is 2.29. The highest BCUT2D eigenvalue weighted by atomic mass is 19.3. The summed E-state index contributed by atoms with van der Waals surface area (Å²) >= 11 is 0. The van der Waals surface area contributed by atoms with Crippen molar-refractivity contribution in [3.05, 3.63) is 66.5 Å². The number of ether oxygens (including phenoxy) is 2. The number of aromatic nitrogens is 4. The molecule has 0 saturated carbocycles. The lowest BCUT2D eigenvalue weighted by molar-refractivity contribution is -0.133. The van der Waals surface area contributed by atoms with Crippen molar-refractivity contribution in [1.29, 1.82) is 0 Å². The number of nitrogens with zero attached hydrogens (tertiary/aromatic N) is 6. The predicted octanol–water partition coefficient (Wildman–Crippen LogP) is 4.46. The quantitative estimate of drug-likeness (QED) is 0.328. The molecule has 1 amide bonds. The highest BCUT2D eigenvalue weighted by molar-refractivity contribution is 5.84. The minimum Gasteiger partial charge on any atom is -0.490 e. The number of alkyl halides is 2. The average molecular weight is 578 g/mol. The molecule has 220 valence electrons. The van der Waals surface area contributed by atoms with Gasteiger partial charge in [0.25, 0.3) is 6.43 Å². The summed E-state index contributed by atoms with van der Waals surface area (Å²) in [4.78, 5) is 30.7. The number of piperidine rings is 1. The number of amides is 1. The van der Waals surface area contributed by atoms with Gasteiger partial charge in [-0.2, -0.15) is 9.97 Å². The van der Waals surface area contributed by atoms with Gasteiger partial charge in [-0.15, -0.1) is 0 Å². The van der Waals surface area contributed by atoms with Crippen molar-refractivity contribution in [3.63, 3.8) is 0 Å². The molecule has 2 aromatic heterocycles. The zero-order valence-electron chi connectivity index (χ0n) is 23.3. The molecule has 10 nitrogen and oxygen atoms in total. The number of imidazole rings is 1. The molecule has 2 saturated heterocycles. The van der Waals surface area contributed by atoms with Crippen LogP contribution in [0.1, 0.15) is 32.0 Å². The molecule has 4 heterocycles. The van der Waals surface area contributed by atoms with Gasteiger partial charge >= 0.3 is 0 Å². The molecule has 2 aliphatic heterocycles. The Kier molecular flexibility index (Phi) is 8.13. The van der Waals surface area contributed by atoms with Crippen molar-refractivity contribution in [2.24, 2.45) is 0 Å². The van der Waals surface area contributed by atoms with Crippen molar-refractivity contribution in [2.45, 2.75) is 38.3 Å². The average Bonchev–Trinajstić information content (AvgIpc) is 3.42. The van der Waals surface area contributed by atoms with Gasteiger partial charge < -0.3 is 24.6 Å². The molecule has 0 aliphatic carbocycles. The van der Waals surface area contributed by atoms with Crippen LogP contribution in [0.15, 0.2) is 60.7 Å². The van der Waals surface area contributed by atoms with E-state index in [0.29, 0.717) is 56.2 Å². The Balaban J connectivity index is 1.23. The minimum absolute atomic E-state index is 0.0462. The van der Waals surface area contributed by atoms with Crippen molar-refractivity contribution in [3.8, 4) is 11.6 Å². The number of likely N-dealkylation sites (tertiary alicyclic amines) is 1. The second kappa shape index (κ2) is 12.3. The molecule has 6 rings (SSSR count). The first-order chi connectivity index (χ1) is 20.5. The number of hydrogen-bond acceptors (Lipinski definition) is 8. The Morgan fingerprint density at radius 1 is 0.952 bits per heavy atom. The van der Waals surface area contributed by atoms with E-state index in [1.165, 1.54) is 4.57 Å². The maximum atomic E-state index is 14.2. The van der Waals surface area contributed by atoms with E-state index in [2.05, 4.69) is 20.3 Å². The van der Waals surface area contributed by atoms with Gasteiger partial charge in [-0.3, -0.25) is 9.36 Å². The van der Waals surface area contributed by atoms with Gasteiger partial charge in [-0.25, -0.2) is 13.8 Å². The summed E-state index contributed by atoms with van der Waals surface area (Å²) in [5.41, 5.74) is 0.951. The first-order valence-electron chi connectivity index (χ1n) is 14.2. The molecule has 0 unspecified atom stereocenters. The minimum atomic E-state index is -2.81. The van der Waals surface area contributed by atoms with Gasteiger partial charge in [-0.1, -0.05) is 30.3 Å². The number of carbonyl (C=O) groups is 1. The third kappa shape index (κ3) is 5.98. The summed E-state index contributed by atoms with van der Waals surface area (Å²) in [5.74, 6) is 1.31. The number of hydrogen-bond donors (Lipinski definition) is 1. The molecule has 42 heavy (non-hydrogen) atoms. The van der Waals surface area contributed by atoms with Crippen LogP contribution in [-0.4, -0.2) is 81.9 Å². The van der Waals surface area contributed by atoms with Crippen LogP contribution in [0.2, 0.25) is 0 Å². The van der Waals surface area contributed by atoms with E-state index in [4.69, 9.17) is 9.47 Å². The van der Waals surface area contributed by atoms with Crippen LogP contribution in [0, 0.1) is 0 Å². The number of carbonyl (C=O) groups excluding carboxylic acids is 1. The SMILES string of the molecule is C[C@H](Nc1nc(N2CCOCC2)cc(-n2c(C(F)F)nc3ccccc32)n1)C(=O)N1CCC(Oc2ccccc2)CC1. The van der Waals surface area contributed by atoms with Crippen LogP contribution in [0.25, 0.3) is 16.9 Å². The maximum absolute atomic E-state index is 14.2. The summed E-state index contributed by atoms with van der Waals surface area (Å²) in [6, 6.07) is 17.7. The zero-order valence-corrected chi connectivity index (χ0v) is 23.3. The van der Waals surface area contributed by atoms with Crippen LogP contribution in [-0.2, 0) is 9.53 Å². The van der Waals surface area contributed by atoms with Gasteiger partial charge in [0.05, 0.1) is 24.2 Å². The third-order valence-corrected chi connectivity index (χ3v) is 7.56. The second-order valence-electron chi connectivity index (χ2n) is 10.4. The van der Waals surface area contributed by atoms with Crippen molar-refractivity contribution in [1.82, 2.24) is 24.4 Å². The maximum Gasteiger partial charge on any atom is 0.296 e. The van der Waals surface area contributed by atoms with Crippen LogP contribution in [0.4, 0.5) is 20.5 Å². The molecule has 4 aromatic rings. The Bertz CT molecular complexity index is 1520. The molecule has 2 aromatic carbocycles. The Labute approximate surface area is 242 Å². The lowest BCUT2D eigenvalue weighted by atomic mass is 10.1. The van der Waals surface area contributed by atoms with E-state index in [1.807, 2.05) is 40.1 Å². The topological polar surface area (TPSA) is 97.6 Å². The number of morpholine rings is 1. The fourth-order valence-electron chi connectivity index (χ4n) is 5.40. The number of benzene rings is 2. The predicted molar refractivity (Wildman–Crippen MR) is 154 cm³/mol. The van der Waals surface area contributed by atoms with E-state index in [0.717, 1.165) is 18.6 Å². The molecule has 1 atom stereocenters. The van der Waals surface area contributed by atoms with Crippen molar-refractivity contribution in [2.75, 3.05) is 49.6 Å². The van der Waals surface area contributed by atoms with Gasteiger partial charge in [0.15, 0.2) is 5.82 Å². The number of anilines is 2. The molecule has 12 heteroatoms. The second-order valence-corrected chi connectivity index (χ2v) is 10.4. The Morgan fingerprint density at radius 2 is 1.64 bits per heavy atom. The molecule has 2 aliphatic rings. The molecule has 0 bridgehead atoms. The van der Waals surface area contributed by atoms with Crippen LogP contribution >= 0.6 is 0 Å². The summed E-state index contributed by atoms with van der Waals surface area (Å²) < 4.78 is 41.2. The van der Waals surface area contributed by atoms with Crippen molar-refractivity contribution < 1.29 is 23.0 Å². The van der Waals surface area contributed by atoms with Gasteiger partial charge in [0.1, 0.15) is 29.5 Å². The van der Waals surface area contributed by atoms with Gasteiger partial charge in [0.2, 0.25) is 11.9 Å². The fraction of sp³-hybridized carbons (Fsp3) is 0.400. The normalized spacial score (nSPS) is 17.0. The summed E-state index contributed by atoms with van der Waals surface area (Å²) in [7, 11) is 0. The largest absolute Gasteiger partial charge is 0.490 e. The number of rotatable bonds is 8. The van der Waals surface area contributed by atoms with Gasteiger partial charge in [-0.05, 0) is 31.2 Å². The van der Waals surface area contributed by atoms with E-state index >= 15 is 0 Å². The number of para-hydroxylation sites is 3. The molecule has 0 radical (unpaired) electrons. The molecule has 1 N–H and O–H groups in total. The van der Waals surface area contributed by atoms with E-state index in [1.54, 1.807) is 37.3 Å². The first kappa shape index (κ1) is 27.8. The summed E-state index contributed by atoms with van der Waals surface area (Å²) in [5, 5.41) is 3.14. The molecular weight excluding hydrogens is 544 g/mol. The number of fused-ring (bicyclic) bond motifs is 1. The van der Waals surface area contributed by atoms with E-state index < -0.39 is 18.3 Å². The zero-order chi connectivity index (χ0) is 29.1. The number of halogens is 2. The standard InChI is InChI=1S/C30H33F2N7O3/c1-20(29(40)38-13-11-22(12-14-38)42-21-7-3-2-4-8-21)33-30-35-25(37-15-17-41-18-16-37)19-26(36-30)39-24-10-6-5-9-23(24)34-28(39)27(31)32/h2-10,19-20,22,27H,11-18H2,1H3,(H,33,35,36)/t20-/m0/s1. The van der Waals surface area contributed by atoms with Gasteiger partial charge in [0, 0.05) is 45.1 Å². The smallest absolute Gasteiger partial charge is 0.296 e. The number of nitrogens with one attached hydrogen (secondary N) is 1. The van der Waals surface area contributed by atoms with E-state index in [-0.39, 0.29) is 23.8 Å². The lowest BCUT2D eigenvalue weighted by Crippen LogP contribution is -2.47. The van der Waals surface area contributed by atoms with Crippen LogP contribution in [0.3, 0.4) is 0 Å². The van der Waals surface area contributed by atoms with Crippen molar-refractivity contribution >= 4 is 28.7 Å². The van der Waals surface area contributed by atoms with Crippen LogP contribution < -0.4 is 15.0 Å². The fourth-order valence-corrected chi connectivity index (χ4v) is 5.40. The monoisotopic (exact) mass is 577 g/mol. The Hall–Kier alpha value is -4.32. The molecular formula is C30H33F2N7O3. The summed E-state index contributed by atoms with van der Waals surface area (Å²) in [6.45, 7) is 5.14. The highest BCUT2D eigenvalue weighted by Gasteiger charge is 2.28. The Morgan fingerprint density at radius 3 is 2.38 bits per heavy atom. The van der Waals surface area contributed by atoms with E-state index in [9.17, 15) is 13.6 Å². The third-order valence-electron chi connectivity index (χ3n) is 7.56. The summed E-state index contributed by atoms with van der Waals surface area (Å²) in [6.07, 6.45) is -1.32. The van der Waals surface area contributed by atoms with Crippen LogP contribution in [0.5, 0.6) is 5.75 Å². The molecule has 0 spiro atoms. The lowest BCUT2D eigenvalue weighted by Gasteiger charge is -2.34. The first-order valence-corrected chi connectivity index (χ1v) is 14.2. The molecule has 2 fully saturated rings.